The lowest BCUT2D eigenvalue weighted by molar-refractivity contribution is -0.383. The van der Waals surface area contributed by atoms with Crippen LogP contribution in [0.5, 0.6) is 0 Å². The van der Waals surface area contributed by atoms with E-state index in [4.69, 9.17) is 4.98 Å². The van der Waals surface area contributed by atoms with E-state index in [0.29, 0.717) is 17.6 Å². The van der Waals surface area contributed by atoms with E-state index in [9.17, 15) is 19.7 Å². The second-order valence-electron chi connectivity index (χ2n) is 8.54. The maximum atomic E-state index is 13.5. The summed E-state index contributed by atoms with van der Waals surface area (Å²) in [4.78, 5) is 43.5. The fourth-order valence-electron chi connectivity index (χ4n) is 3.97. The van der Waals surface area contributed by atoms with E-state index in [1.165, 1.54) is 28.8 Å². The van der Waals surface area contributed by atoms with Gasteiger partial charge >= 0.3 is 0 Å². The van der Waals surface area contributed by atoms with Gasteiger partial charge in [0, 0.05) is 17.5 Å². The number of aryl methyl sites for hydroxylation is 2. The van der Waals surface area contributed by atoms with Crippen molar-refractivity contribution in [1.29, 1.82) is 0 Å². The second kappa shape index (κ2) is 10.0. The average molecular weight is 487 g/mol. The van der Waals surface area contributed by atoms with E-state index in [-0.39, 0.29) is 28.6 Å². The summed E-state index contributed by atoms with van der Waals surface area (Å²) in [6, 6.07) is 6.03. The minimum atomic E-state index is -0.527. The monoisotopic (exact) mass is 486 g/mol. The van der Waals surface area contributed by atoms with Gasteiger partial charge in [-0.05, 0) is 49.7 Å². The Morgan fingerprint density at radius 2 is 2.06 bits per heavy atom. The zero-order valence-corrected chi connectivity index (χ0v) is 20.3. The molecule has 2 heterocycles. The van der Waals surface area contributed by atoms with Crippen LogP contribution < -0.4 is 10.9 Å². The standard InChI is InChI=1S/C23H26N4O4S2/c1-14(2)11-12-26-22(29)20-15-7-3-6-10-18(15)33-21(20)25-23(26)32-13-19(28)24-16-8-4-5-9-17(16)27(30)31/h4-5,8-9,14H,3,6-7,10-13H2,1-2H3,(H,24,28). The predicted octanol–water partition coefficient (Wildman–Crippen LogP) is 5.02. The Hall–Kier alpha value is -2.72. The summed E-state index contributed by atoms with van der Waals surface area (Å²) >= 11 is 2.78. The van der Waals surface area contributed by atoms with Gasteiger partial charge in [-0.25, -0.2) is 4.98 Å². The number of hydrogen-bond acceptors (Lipinski definition) is 7. The zero-order valence-electron chi connectivity index (χ0n) is 18.6. The molecular formula is C23H26N4O4S2. The van der Waals surface area contributed by atoms with E-state index in [1.807, 2.05) is 0 Å². The number of hydrogen-bond donors (Lipinski definition) is 1. The normalized spacial score (nSPS) is 13.3. The van der Waals surface area contributed by atoms with Crippen LogP contribution in [0.15, 0.2) is 34.2 Å². The Morgan fingerprint density at radius 3 is 2.82 bits per heavy atom. The lowest BCUT2D eigenvalue weighted by Gasteiger charge is -2.14. The van der Waals surface area contributed by atoms with Gasteiger partial charge in [0.2, 0.25) is 5.91 Å². The maximum Gasteiger partial charge on any atom is 0.292 e. The van der Waals surface area contributed by atoms with E-state index >= 15 is 0 Å². The number of thiophene rings is 1. The number of carbonyl (C=O) groups excluding carboxylic acids is 1. The molecule has 8 nitrogen and oxygen atoms in total. The summed E-state index contributed by atoms with van der Waals surface area (Å²) < 4.78 is 1.70. The van der Waals surface area contributed by atoms with Gasteiger partial charge in [0.25, 0.3) is 11.2 Å². The van der Waals surface area contributed by atoms with Crippen molar-refractivity contribution in [3.05, 3.63) is 55.2 Å². The van der Waals surface area contributed by atoms with Crippen LogP contribution in [0.4, 0.5) is 11.4 Å². The Labute approximate surface area is 199 Å². The molecule has 33 heavy (non-hydrogen) atoms. The predicted molar refractivity (Wildman–Crippen MR) is 132 cm³/mol. The van der Waals surface area contributed by atoms with Crippen LogP contribution in [0.3, 0.4) is 0 Å². The van der Waals surface area contributed by atoms with Crippen LogP contribution in [0.2, 0.25) is 0 Å². The van der Waals surface area contributed by atoms with E-state index in [2.05, 4.69) is 19.2 Å². The number of thioether (sulfide) groups is 1. The lowest BCUT2D eigenvalue weighted by atomic mass is 9.97. The van der Waals surface area contributed by atoms with Gasteiger partial charge in [0.15, 0.2) is 5.16 Å². The molecule has 1 aromatic carbocycles. The third kappa shape index (κ3) is 5.11. The molecule has 0 unspecified atom stereocenters. The fraction of sp³-hybridized carbons (Fsp3) is 0.435. The molecule has 1 aliphatic rings. The molecule has 0 saturated heterocycles. The molecule has 0 saturated carbocycles. The number of aromatic nitrogens is 2. The molecule has 174 valence electrons. The fourth-order valence-corrected chi connectivity index (χ4v) is 6.10. The van der Waals surface area contributed by atoms with Gasteiger partial charge in [-0.15, -0.1) is 11.3 Å². The number of nitro groups is 1. The minimum Gasteiger partial charge on any atom is -0.320 e. The number of nitrogens with one attached hydrogen (secondary N) is 1. The van der Waals surface area contributed by atoms with E-state index in [1.54, 1.807) is 28.0 Å². The summed E-state index contributed by atoms with van der Waals surface area (Å²) in [5, 5.41) is 15.1. The quantitative estimate of drug-likeness (QED) is 0.207. The number of amides is 1. The Bertz CT molecular complexity index is 1270. The highest BCUT2D eigenvalue weighted by molar-refractivity contribution is 7.99. The molecule has 1 amide bonds. The summed E-state index contributed by atoms with van der Waals surface area (Å²) in [6.07, 6.45) is 4.96. The molecule has 2 aromatic heterocycles. The number of para-hydroxylation sites is 2. The van der Waals surface area contributed by atoms with Gasteiger partial charge in [0.05, 0.1) is 16.1 Å². The first-order chi connectivity index (χ1) is 15.8. The van der Waals surface area contributed by atoms with Crippen molar-refractivity contribution < 1.29 is 9.72 Å². The molecule has 0 fully saturated rings. The van der Waals surface area contributed by atoms with Gasteiger partial charge in [-0.2, -0.15) is 0 Å². The molecular weight excluding hydrogens is 460 g/mol. The van der Waals surface area contributed by atoms with E-state index in [0.717, 1.165) is 47.9 Å². The van der Waals surface area contributed by atoms with Crippen molar-refractivity contribution in [2.24, 2.45) is 5.92 Å². The van der Waals surface area contributed by atoms with Crippen LogP contribution in [0.25, 0.3) is 10.2 Å². The Kier molecular flexibility index (Phi) is 7.14. The average Bonchev–Trinajstić information content (AvgIpc) is 3.15. The van der Waals surface area contributed by atoms with Crippen molar-refractivity contribution in [3.63, 3.8) is 0 Å². The molecule has 10 heteroatoms. The largest absolute Gasteiger partial charge is 0.320 e. The van der Waals surface area contributed by atoms with Crippen molar-refractivity contribution in [2.45, 2.75) is 57.7 Å². The van der Waals surface area contributed by atoms with Crippen molar-refractivity contribution >= 4 is 50.6 Å². The molecule has 0 atom stereocenters. The number of fused-ring (bicyclic) bond motifs is 3. The molecule has 3 aromatic rings. The van der Waals surface area contributed by atoms with Crippen LogP contribution in [0, 0.1) is 16.0 Å². The Balaban J connectivity index is 1.61. The van der Waals surface area contributed by atoms with Crippen LogP contribution >= 0.6 is 23.1 Å². The van der Waals surface area contributed by atoms with Gasteiger partial charge in [0.1, 0.15) is 10.5 Å². The molecule has 0 aliphatic heterocycles. The zero-order chi connectivity index (χ0) is 23.5. The van der Waals surface area contributed by atoms with Gasteiger partial charge in [-0.3, -0.25) is 24.3 Å². The SMILES string of the molecule is CC(C)CCn1c(SCC(=O)Nc2ccccc2[N+](=O)[O-])nc2sc3c(c2c1=O)CCCC3. The van der Waals surface area contributed by atoms with Crippen LogP contribution in [0.1, 0.15) is 43.6 Å². The summed E-state index contributed by atoms with van der Waals surface area (Å²) in [5.41, 5.74) is 1.12. The van der Waals surface area contributed by atoms with E-state index < -0.39 is 4.92 Å². The first kappa shape index (κ1) is 23.4. The van der Waals surface area contributed by atoms with Gasteiger partial charge < -0.3 is 5.32 Å². The summed E-state index contributed by atoms with van der Waals surface area (Å²) in [7, 11) is 0. The third-order valence-corrected chi connectivity index (χ3v) is 7.84. The molecule has 4 rings (SSSR count). The highest BCUT2D eigenvalue weighted by Crippen LogP contribution is 2.35. The van der Waals surface area contributed by atoms with Crippen molar-refractivity contribution in [3.8, 4) is 0 Å². The highest BCUT2D eigenvalue weighted by atomic mass is 32.2. The highest BCUT2D eigenvalue weighted by Gasteiger charge is 2.23. The second-order valence-corrected chi connectivity index (χ2v) is 10.6. The van der Waals surface area contributed by atoms with Crippen LogP contribution in [-0.4, -0.2) is 26.1 Å². The minimum absolute atomic E-state index is 0.00321. The molecule has 0 bridgehead atoms. The molecule has 0 spiro atoms. The number of rotatable bonds is 8. The number of anilines is 1. The topological polar surface area (TPSA) is 107 Å². The van der Waals surface area contributed by atoms with Crippen molar-refractivity contribution in [2.75, 3.05) is 11.1 Å². The van der Waals surface area contributed by atoms with Crippen LogP contribution in [-0.2, 0) is 24.2 Å². The van der Waals surface area contributed by atoms with Gasteiger partial charge in [-0.1, -0.05) is 37.7 Å². The number of nitrogens with zero attached hydrogens (tertiary/aromatic N) is 3. The molecule has 1 N–H and O–H groups in total. The smallest absolute Gasteiger partial charge is 0.292 e. The molecule has 0 radical (unpaired) electrons. The third-order valence-electron chi connectivity index (χ3n) is 5.68. The maximum absolute atomic E-state index is 13.5. The van der Waals surface area contributed by atoms with Crippen molar-refractivity contribution in [1.82, 2.24) is 9.55 Å². The first-order valence-corrected chi connectivity index (χ1v) is 12.9. The number of carbonyl (C=O) groups is 1. The first-order valence-electron chi connectivity index (χ1n) is 11.1. The lowest BCUT2D eigenvalue weighted by Crippen LogP contribution is -2.25. The Morgan fingerprint density at radius 1 is 1.30 bits per heavy atom. The summed E-state index contributed by atoms with van der Waals surface area (Å²) in [5.74, 6) is 0.0322. The number of nitro benzene ring substituents is 1. The molecule has 1 aliphatic carbocycles. The number of benzene rings is 1. The summed E-state index contributed by atoms with van der Waals surface area (Å²) in [6.45, 7) is 4.76.